The molecule has 0 aliphatic carbocycles. The van der Waals surface area contributed by atoms with Crippen molar-refractivity contribution in [1.82, 2.24) is 0 Å². The molecule has 0 heterocycles. The van der Waals surface area contributed by atoms with Crippen molar-refractivity contribution in [1.29, 1.82) is 0 Å². The molecule has 0 saturated carbocycles. The second-order valence-electron chi connectivity index (χ2n) is 3.21. The lowest BCUT2D eigenvalue weighted by Gasteiger charge is -2.07. The Kier molecular flexibility index (Phi) is 5.88. The molecule has 17 heavy (non-hydrogen) atoms. The van der Waals surface area contributed by atoms with E-state index < -0.39 is 6.09 Å². The third kappa shape index (κ3) is 5.21. The molecule has 0 aliphatic heterocycles. The summed E-state index contributed by atoms with van der Waals surface area (Å²) in [7, 11) is 1.62. The summed E-state index contributed by atoms with van der Waals surface area (Å²) in [6.07, 6.45) is -0.458. The van der Waals surface area contributed by atoms with Gasteiger partial charge < -0.3 is 14.2 Å². The summed E-state index contributed by atoms with van der Waals surface area (Å²) in [5.41, 5.74) is 0.669. The summed E-state index contributed by atoms with van der Waals surface area (Å²) >= 11 is 0. The van der Waals surface area contributed by atoms with Crippen LogP contribution in [0.5, 0.6) is 5.75 Å². The predicted molar refractivity (Wildman–Crippen MR) is 64.5 cm³/mol. The van der Waals surface area contributed by atoms with Gasteiger partial charge in [-0.1, -0.05) is 0 Å². The Morgan fingerprint density at radius 3 is 2.53 bits per heavy atom. The Hall–Kier alpha value is -1.75. The number of methoxy groups -OCH3 is 1. The normalized spacial score (nSPS) is 9.76. The topological polar surface area (TPSA) is 56.8 Å². The minimum atomic E-state index is -0.458. The molecule has 1 rings (SSSR count). The summed E-state index contributed by atoms with van der Waals surface area (Å²) in [5.74, 6) is 0.733. The number of carbonyl (C=O) groups is 1. The maximum Gasteiger partial charge on any atom is 0.411 e. The van der Waals surface area contributed by atoms with Gasteiger partial charge >= 0.3 is 6.09 Å². The van der Waals surface area contributed by atoms with Crippen LogP contribution in [-0.4, -0.2) is 33.0 Å². The van der Waals surface area contributed by atoms with Crippen LogP contribution in [0.15, 0.2) is 24.3 Å². The van der Waals surface area contributed by atoms with E-state index in [0.29, 0.717) is 25.5 Å². The molecule has 0 spiro atoms. The predicted octanol–water partition coefficient (Wildman–Crippen LogP) is 2.28. The Morgan fingerprint density at radius 2 is 1.94 bits per heavy atom. The van der Waals surface area contributed by atoms with Crippen molar-refractivity contribution in [3.63, 3.8) is 0 Å². The molecular weight excluding hydrogens is 222 g/mol. The number of nitrogens with one attached hydrogen (secondary N) is 1. The molecule has 0 saturated heterocycles. The zero-order chi connectivity index (χ0) is 12.5. The summed E-state index contributed by atoms with van der Waals surface area (Å²) in [6, 6.07) is 7.05. The van der Waals surface area contributed by atoms with Crippen molar-refractivity contribution in [2.45, 2.75) is 6.92 Å². The minimum absolute atomic E-state index is 0.351. The molecule has 0 radical (unpaired) electrons. The molecule has 1 amide bonds. The van der Waals surface area contributed by atoms with Crippen molar-refractivity contribution >= 4 is 11.8 Å². The van der Waals surface area contributed by atoms with E-state index in [0.717, 1.165) is 5.75 Å². The molecule has 0 unspecified atom stereocenters. The van der Waals surface area contributed by atoms with Crippen LogP contribution in [0.2, 0.25) is 0 Å². The maximum atomic E-state index is 11.1. The molecule has 1 aromatic rings. The summed E-state index contributed by atoms with van der Waals surface area (Å²) in [5, 5.41) is 2.60. The lowest BCUT2D eigenvalue weighted by Crippen LogP contribution is -2.13. The van der Waals surface area contributed by atoms with Crippen molar-refractivity contribution in [3.8, 4) is 5.75 Å². The molecular formula is C12H17NO4. The third-order valence-electron chi connectivity index (χ3n) is 1.93. The van der Waals surface area contributed by atoms with E-state index in [4.69, 9.17) is 14.2 Å². The Labute approximate surface area is 101 Å². The van der Waals surface area contributed by atoms with Crippen LogP contribution < -0.4 is 10.1 Å². The number of ether oxygens (including phenoxy) is 3. The number of amides is 1. The molecule has 94 valence electrons. The first kappa shape index (κ1) is 13.3. The van der Waals surface area contributed by atoms with E-state index in [-0.39, 0.29) is 0 Å². The second kappa shape index (κ2) is 7.51. The zero-order valence-electron chi connectivity index (χ0n) is 10.1. The Morgan fingerprint density at radius 1 is 1.24 bits per heavy atom. The van der Waals surface area contributed by atoms with Crippen molar-refractivity contribution in [2.75, 3.05) is 32.2 Å². The molecule has 1 aromatic carbocycles. The van der Waals surface area contributed by atoms with E-state index in [9.17, 15) is 4.79 Å². The number of anilines is 1. The van der Waals surface area contributed by atoms with Gasteiger partial charge in [0.25, 0.3) is 0 Å². The quantitative estimate of drug-likeness (QED) is 0.774. The highest BCUT2D eigenvalue weighted by Crippen LogP contribution is 2.15. The molecule has 0 fully saturated rings. The summed E-state index contributed by atoms with van der Waals surface area (Å²) < 4.78 is 15.0. The van der Waals surface area contributed by atoms with Gasteiger partial charge in [0.2, 0.25) is 0 Å². The highest BCUT2D eigenvalue weighted by molar-refractivity contribution is 5.84. The van der Waals surface area contributed by atoms with Gasteiger partial charge in [0.05, 0.1) is 13.2 Å². The fourth-order valence-electron chi connectivity index (χ4n) is 1.16. The van der Waals surface area contributed by atoms with Crippen LogP contribution in [0, 0.1) is 0 Å². The van der Waals surface area contributed by atoms with Gasteiger partial charge in [0, 0.05) is 12.8 Å². The van der Waals surface area contributed by atoms with Gasteiger partial charge in [-0.3, -0.25) is 5.32 Å². The highest BCUT2D eigenvalue weighted by atomic mass is 16.5. The summed E-state index contributed by atoms with van der Waals surface area (Å²) in [4.78, 5) is 11.1. The van der Waals surface area contributed by atoms with Crippen molar-refractivity contribution in [2.24, 2.45) is 0 Å². The van der Waals surface area contributed by atoms with Gasteiger partial charge in [-0.15, -0.1) is 0 Å². The Balaban J connectivity index is 2.41. The van der Waals surface area contributed by atoms with Crippen LogP contribution in [0.1, 0.15) is 6.92 Å². The van der Waals surface area contributed by atoms with Crippen molar-refractivity contribution in [3.05, 3.63) is 24.3 Å². The van der Waals surface area contributed by atoms with E-state index >= 15 is 0 Å². The lowest BCUT2D eigenvalue weighted by atomic mass is 10.3. The zero-order valence-corrected chi connectivity index (χ0v) is 10.1. The van der Waals surface area contributed by atoms with Crippen LogP contribution in [0.3, 0.4) is 0 Å². The molecule has 5 heteroatoms. The average Bonchev–Trinajstić information content (AvgIpc) is 2.32. The molecule has 0 aromatic heterocycles. The molecule has 0 bridgehead atoms. The minimum Gasteiger partial charge on any atom is -0.491 e. The molecule has 0 atom stereocenters. The first-order valence-electron chi connectivity index (χ1n) is 5.42. The van der Waals surface area contributed by atoms with Crippen molar-refractivity contribution < 1.29 is 19.0 Å². The fraction of sp³-hybridized carbons (Fsp3) is 0.417. The first-order chi connectivity index (χ1) is 8.26. The number of benzene rings is 1. The first-order valence-corrected chi connectivity index (χ1v) is 5.42. The van der Waals surface area contributed by atoms with Gasteiger partial charge in [0.15, 0.2) is 0 Å². The maximum absolute atomic E-state index is 11.1. The van der Waals surface area contributed by atoms with Crippen LogP contribution in [-0.2, 0) is 9.47 Å². The van der Waals surface area contributed by atoms with Crippen LogP contribution >= 0.6 is 0 Å². The average molecular weight is 239 g/mol. The Bertz CT molecular complexity index is 337. The smallest absolute Gasteiger partial charge is 0.411 e. The number of hydrogen-bond donors (Lipinski definition) is 1. The number of rotatable bonds is 6. The van der Waals surface area contributed by atoms with E-state index in [1.54, 1.807) is 38.3 Å². The van der Waals surface area contributed by atoms with Gasteiger partial charge in [-0.25, -0.2) is 4.79 Å². The summed E-state index contributed by atoms with van der Waals surface area (Å²) in [6.45, 7) is 3.15. The molecule has 1 N–H and O–H groups in total. The van der Waals surface area contributed by atoms with E-state index in [1.807, 2.05) is 0 Å². The van der Waals surface area contributed by atoms with Gasteiger partial charge in [0.1, 0.15) is 12.4 Å². The fourth-order valence-corrected chi connectivity index (χ4v) is 1.16. The van der Waals surface area contributed by atoms with Crippen LogP contribution in [0.4, 0.5) is 10.5 Å². The van der Waals surface area contributed by atoms with Crippen LogP contribution in [0.25, 0.3) is 0 Å². The standard InChI is InChI=1S/C12H17NO4/c1-3-16-12(14)13-10-4-6-11(7-5-10)17-9-8-15-2/h4-7H,3,8-9H2,1-2H3,(H,13,14). The molecule has 5 nitrogen and oxygen atoms in total. The van der Waals surface area contributed by atoms with E-state index in [2.05, 4.69) is 5.32 Å². The third-order valence-corrected chi connectivity index (χ3v) is 1.93. The highest BCUT2D eigenvalue weighted by Gasteiger charge is 2.01. The number of carbonyl (C=O) groups excluding carboxylic acids is 1. The lowest BCUT2D eigenvalue weighted by molar-refractivity contribution is 0.146. The van der Waals surface area contributed by atoms with E-state index in [1.165, 1.54) is 0 Å². The van der Waals surface area contributed by atoms with Gasteiger partial charge in [-0.2, -0.15) is 0 Å². The monoisotopic (exact) mass is 239 g/mol. The number of hydrogen-bond acceptors (Lipinski definition) is 4. The van der Waals surface area contributed by atoms with Gasteiger partial charge in [-0.05, 0) is 31.2 Å². The molecule has 0 aliphatic rings. The SMILES string of the molecule is CCOC(=O)Nc1ccc(OCCOC)cc1. The second-order valence-corrected chi connectivity index (χ2v) is 3.21. The largest absolute Gasteiger partial charge is 0.491 e.